The van der Waals surface area contributed by atoms with Gasteiger partial charge in [0.1, 0.15) is 11.6 Å². The molecular weight excluding hydrogens is 302 g/mol. The topological polar surface area (TPSA) is 24.1 Å². The Morgan fingerprint density at radius 3 is 2.32 bits per heavy atom. The summed E-state index contributed by atoms with van der Waals surface area (Å²) in [5.74, 6) is -0.496. The third-order valence-electron chi connectivity index (χ3n) is 4.47. The zero-order chi connectivity index (χ0) is 16.3. The van der Waals surface area contributed by atoms with Crippen molar-refractivity contribution in [3.63, 3.8) is 0 Å². The van der Waals surface area contributed by atoms with Gasteiger partial charge in [-0.25, -0.2) is 8.78 Å². The molecule has 1 fully saturated rings. The first kappa shape index (κ1) is 17.1. The molecule has 1 aromatic carbocycles. The van der Waals surface area contributed by atoms with Gasteiger partial charge in [-0.3, -0.25) is 0 Å². The summed E-state index contributed by atoms with van der Waals surface area (Å²) in [4.78, 5) is 0. The number of hydrogen-bond donors (Lipinski definition) is 2. The highest BCUT2D eigenvalue weighted by molar-refractivity contribution is 7.80. The van der Waals surface area contributed by atoms with E-state index < -0.39 is 11.6 Å². The summed E-state index contributed by atoms with van der Waals surface area (Å²) in [6.45, 7) is 6.86. The van der Waals surface area contributed by atoms with Crippen LogP contribution in [0.5, 0.6) is 0 Å². The van der Waals surface area contributed by atoms with Gasteiger partial charge in [0.2, 0.25) is 0 Å². The lowest BCUT2D eigenvalue weighted by Crippen LogP contribution is -2.41. The van der Waals surface area contributed by atoms with Crippen molar-refractivity contribution in [1.29, 1.82) is 0 Å². The molecule has 0 atom stereocenters. The molecule has 0 unspecified atom stereocenters. The molecule has 1 aromatic rings. The molecule has 0 bridgehead atoms. The number of anilines is 1. The summed E-state index contributed by atoms with van der Waals surface area (Å²) in [6, 6.07) is 3.74. The number of thiocarbonyl (C=S) groups is 1. The standard InChI is InChI=1S/C17H24F2N2S/c1-17(2,3)11-4-7-13(8-5-11)20-16(22)21-15-9-6-12(18)10-14(15)19/h6,9-11,13H,4-5,7-8H2,1-3H3,(H2,20,21,22). The number of hydrogen-bond acceptors (Lipinski definition) is 1. The highest BCUT2D eigenvalue weighted by Crippen LogP contribution is 2.37. The maximum Gasteiger partial charge on any atom is 0.171 e. The summed E-state index contributed by atoms with van der Waals surface area (Å²) in [6.07, 6.45) is 4.48. The van der Waals surface area contributed by atoms with Gasteiger partial charge in [-0.2, -0.15) is 0 Å². The number of halogens is 2. The minimum absolute atomic E-state index is 0.197. The van der Waals surface area contributed by atoms with Crippen LogP contribution in [0.15, 0.2) is 18.2 Å². The molecule has 2 N–H and O–H groups in total. The van der Waals surface area contributed by atoms with E-state index >= 15 is 0 Å². The van der Waals surface area contributed by atoms with Crippen molar-refractivity contribution in [2.24, 2.45) is 11.3 Å². The number of benzene rings is 1. The Hall–Kier alpha value is -1.23. The van der Waals surface area contributed by atoms with Gasteiger partial charge in [-0.1, -0.05) is 20.8 Å². The summed E-state index contributed by atoms with van der Waals surface area (Å²) < 4.78 is 26.5. The molecule has 22 heavy (non-hydrogen) atoms. The lowest BCUT2D eigenvalue weighted by atomic mass is 9.71. The third kappa shape index (κ3) is 4.63. The number of nitrogens with one attached hydrogen (secondary N) is 2. The van der Waals surface area contributed by atoms with Gasteiger partial charge in [0.15, 0.2) is 5.11 Å². The minimum Gasteiger partial charge on any atom is -0.360 e. The molecule has 5 heteroatoms. The smallest absolute Gasteiger partial charge is 0.171 e. The molecule has 1 aliphatic rings. The van der Waals surface area contributed by atoms with Gasteiger partial charge in [-0.15, -0.1) is 0 Å². The summed E-state index contributed by atoms with van der Waals surface area (Å²) in [5, 5.41) is 6.44. The summed E-state index contributed by atoms with van der Waals surface area (Å²) in [7, 11) is 0. The van der Waals surface area contributed by atoms with E-state index in [2.05, 4.69) is 31.4 Å². The van der Waals surface area contributed by atoms with Gasteiger partial charge in [0.25, 0.3) is 0 Å². The van der Waals surface area contributed by atoms with Gasteiger partial charge >= 0.3 is 0 Å². The van der Waals surface area contributed by atoms with Crippen LogP contribution in [0.4, 0.5) is 14.5 Å². The van der Waals surface area contributed by atoms with Crippen LogP contribution in [-0.4, -0.2) is 11.2 Å². The third-order valence-corrected chi connectivity index (χ3v) is 4.69. The SMILES string of the molecule is CC(C)(C)C1CCC(NC(=S)Nc2ccc(F)cc2F)CC1. The molecule has 122 valence electrons. The maximum atomic E-state index is 13.6. The Bertz CT molecular complexity index is 532. The zero-order valence-corrected chi connectivity index (χ0v) is 14.2. The predicted octanol–water partition coefficient (Wildman–Crippen LogP) is 4.86. The highest BCUT2D eigenvalue weighted by atomic mass is 32.1. The zero-order valence-electron chi connectivity index (χ0n) is 13.4. The molecule has 2 nitrogen and oxygen atoms in total. The minimum atomic E-state index is -0.638. The Kier molecular flexibility index (Phi) is 5.37. The van der Waals surface area contributed by atoms with E-state index in [1.54, 1.807) is 0 Å². The Labute approximate surface area is 136 Å². The van der Waals surface area contributed by atoms with Crippen molar-refractivity contribution in [3.05, 3.63) is 29.8 Å². The number of rotatable bonds is 2. The van der Waals surface area contributed by atoms with Crippen molar-refractivity contribution in [3.8, 4) is 0 Å². The van der Waals surface area contributed by atoms with Crippen LogP contribution >= 0.6 is 12.2 Å². The molecular formula is C17H24F2N2S. The van der Waals surface area contributed by atoms with E-state index in [9.17, 15) is 8.78 Å². The molecule has 0 aromatic heterocycles. The molecule has 1 saturated carbocycles. The average molecular weight is 326 g/mol. The maximum absolute atomic E-state index is 13.6. The van der Waals surface area contributed by atoms with Crippen LogP contribution < -0.4 is 10.6 Å². The first-order chi connectivity index (χ1) is 10.3. The predicted molar refractivity (Wildman–Crippen MR) is 90.9 cm³/mol. The largest absolute Gasteiger partial charge is 0.360 e. The molecule has 1 aliphatic carbocycles. The summed E-state index contributed by atoms with van der Waals surface area (Å²) in [5.41, 5.74) is 0.545. The van der Waals surface area contributed by atoms with Crippen LogP contribution in [0.2, 0.25) is 0 Å². The second kappa shape index (κ2) is 6.90. The van der Waals surface area contributed by atoms with Crippen LogP contribution in [-0.2, 0) is 0 Å². The van der Waals surface area contributed by atoms with Crippen molar-refractivity contribution in [2.45, 2.75) is 52.5 Å². The molecule has 0 spiro atoms. The van der Waals surface area contributed by atoms with E-state index in [0.717, 1.165) is 24.8 Å². The molecule has 0 saturated heterocycles. The highest BCUT2D eigenvalue weighted by Gasteiger charge is 2.29. The Morgan fingerprint density at radius 1 is 1.14 bits per heavy atom. The van der Waals surface area contributed by atoms with Crippen molar-refractivity contribution >= 4 is 23.0 Å². The van der Waals surface area contributed by atoms with Gasteiger partial charge in [0.05, 0.1) is 5.69 Å². The van der Waals surface area contributed by atoms with Crippen LogP contribution in [0.3, 0.4) is 0 Å². The second-order valence-electron chi connectivity index (χ2n) is 7.14. The first-order valence-electron chi connectivity index (χ1n) is 7.78. The van der Waals surface area contributed by atoms with E-state index in [-0.39, 0.29) is 5.69 Å². The Balaban J connectivity index is 1.83. The lowest BCUT2D eigenvalue weighted by molar-refractivity contribution is 0.166. The fraction of sp³-hybridized carbons (Fsp3) is 0.588. The average Bonchev–Trinajstić information content (AvgIpc) is 2.41. The summed E-state index contributed by atoms with van der Waals surface area (Å²) >= 11 is 5.23. The van der Waals surface area contributed by atoms with Crippen molar-refractivity contribution in [1.82, 2.24) is 5.32 Å². The second-order valence-corrected chi connectivity index (χ2v) is 7.55. The van der Waals surface area contributed by atoms with E-state index in [1.165, 1.54) is 25.0 Å². The lowest BCUT2D eigenvalue weighted by Gasteiger charge is -2.37. The van der Waals surface area contributed by atoms with E-state index in [0.29, 0.717) is 16.6 Å². The fourth-order valence-electron chi connectivity index (χ4n) is 3.04. The normalized spacial score (nSPS) is 22.2. The fourth-order valence-corrected chi connectivity index (χ4v) is 3.32. The first-order valence-corrected chi connectivity index (χ1v) is 8.19. The van der Waals surface area contributed by atoms with Gasteiger partial charge in [0, 0.05) is 12.1 Å². The van der Waals surface area contributed by atoms with Crippen LogP contribution in [0, 0.1) is 23.0 Å². The molecule has 0 radical (unpaired) electrons. The van der Waals surface area contributed by atoms with E-state index in [4.69, 9.17) is 12.2 Å². The van der Waals surface area contributed by atoms with Gasteiger partial charge < -0.3 is 10.6 Å². The molecule has 0 amide bonds. The molecule has 0 heterocycles. The van der Waals surface area contributed by atoms with Crippen LogP contribution in [0.25, 0.3) is 0 Å². The Morgan fingerprint density at radius 2 is 1.77 bits per heavy atom. The monoisotopic (exact) mass is 326 g/mol. The van der Waals surface area contributed by atoms with E-state index in [1.807, 2.05) is 0 Å². The molecule has 2 rings (SSSR count). The van der Waals surface area contributed by atoms with Gasteiger partial charge in [-0.05, 0) is 61.4 Å². The van der Waals surface area contributed by atoms with Crippen molar-refractivity contribution < 1.29 is 8.78 Å². The van der Waals surface area contributed by atoms with Crippen molar-refractivity contribution in [2.75, 3.05) is 5.32 Å². The van der Waals surface area contributed by atoms with Crippen LogP contribution in [0.1, 0.15) is 46.5 Å². The quantitative estimate of drug-likeness (QED) is 0.759. The molecule has 0 aliphatic heterocycles.